The maximum atomic E-state index is 11.1. The Bertz CT molecular complexity index is 195. The van der Waals surface area contributed by atoms with E-state index in [1.165, 1.54) is 6.26 Å². The van der Waals surface area contributed by atoms with Gasteiger partial charge in [0.2, 0.25) is 5.91 Å². The highest BCUT2D eigenvalue weighted by molar-refractivity contribution is 7.90. The van der Waals surface area contributed by atoms with Crippen molar-refractivity contribution in [3.8, 4) is 0 Å². The lowest BCUT2D eigenvalue weighted by atomic mass is 10.2. The van der Waals surface area contributed by atoms with Gasteiger partial charge in [-0.3, -0.25) is 9.59 Å². The first-order valence-electron chi connectivity index (χ1n) is 3.73. The minimum atomic E-state index is -1.09. The predicted molar refractivity (Wildman–Crippen MR) is 48.7 cm³/mol. The molecule has 2 N–H and O–H groups in total. The van der Waals surface area contributed by atoms with E-state index in [-0.39, 0.29) is 18.2 Å². The number of carbonyl (C=O) groups excluding carboxylic acids is 1. The van der Waals surface area contributed by atoms with Crippen LogP contribution in [0.3, 0.4) is 0 Å². The molecule has 0 aromatic rings. The lowest BCUT2D eigenvalue weighted by molar-refractivity contribution is -0.138. The van der Waals surface area contributed by atoms with Crippen LogP contribution in [0.4, 0.5) is 0 Å². The van der Waals surface area contributed by atoms with Gasteiger partial charge in [0.1, 0.15) is 12.3 Å². The van der Waals surface area contributed by atoms with Crippen molar-refractivity contribution in [2.45, 2.75) is 6.92 Å². The zero-order valence-electron chi connectivity index (χ0n) is 7.57. The van der Waals surface area contributed by atoms with Gasteiger partial charge in [-0.05, 0) is 6.92 Å². The van der Waals surface area contributed by atoms with Crippen LogP contribution in [0.2, 0.25) is 0 Å². The number of nitrogens with one attached hydrogen (secondary N) is 1. The number of amides is 1. The van der Waals surface area contributed by atoms with Gasteiger partial charge in [0.25, 0.3) is 0 Å². The fraction of sp³-hybridized carbons (Fsp3) is 0.714. The molecule has 0 aromatic heterocycles. The van der Waals surface area contributed by atoms with E-state index in [0.29, 0.717) is 0 Å². The molecule has 6 heteroatoms. The predicted octanol–water partition coefficient (Wildman–Crippen LogP) is -0.798. The summed E-state index contributed by atoms with van der Waals surface area (Å²) in [5, 5.41) is 10.5. The van der Waals surface area contributed by atoms with Crippen LogP contribution < -0.4 is 5.32 Å². The molecule has 5 nitrogen and oxygen atoms in total. The standard InChI is InChI=1S/C7H13NO4S/c1-5(4-13(2)12)7(11)8-3-6(9)10/h5H,3-4H2,1-2H3,(H,8,11)(H,9,10). The van der Waals surface area contributed by atoms with Crippen LogP contribution >= 0.6 is 0 Å². The van der Waals surface area contributed by atoms with E-state index in [0.717, 1.165) is 0 Å². The average Bonchev–Trinajstić information content (AvgIpc) is 1.98. The molecule has 0 heterocycles. The molecule has 0 spiro atoms. The van der Waals surface area contributed by atoms with Crippen LogP contribution in [0.15, 0.2) is 0 Å². The van der Waals surface area contributed by atoms with Crippen LogP contribution in [0.1, 0.15) is 6.92 Å². The third-order valence-corrected chi connectivity index (χ3v) is 2.32. The van der Waals surface area contributed by atoms with Crippen molar-refractivity contribution in [3.63, 3.8) is 0 Å². The minimum absolute atomic E-state index is 0.255. The largest absolute Gasteiger partial charge is 0.617 e. The molecule has 2 unspecified atom stereocenters. The third-order valence-electron chi connectivity index (χ3n) is 1.35. The maximum absolute atomic E-state index is 11.1. The average molecular weight is 207 g/mol. The summed E-state index contributed by atoms with van der Waals surface area (Å²) in [7, 11) is 0. The minimum Gasteiger partial charge on any atom is -0.617 e. The van der Waals surface area contributed by atoms with Crippen molar-refractivity contribution >= 4 is 23.1 Å². The molecule has 0 aliphatic carbocycles. The summed E-state index contributed by atoms with van der Waals surface area (Å²) >= 11 is -1.04. The van der Waals surface area contributed by atoms with Crippen molar-refractivity contribution in [2.24, 2.45) is 5.92 Å². The molecule has 0 radical (unpaired) electrons. The summed E-state index contributed by atoms with van der Waals surface area (Å²) in [6.45, 7) is 1.22. The highest BCUT2D eigenvalue weighted by Gasteiger charge is 2.17. The molecule has 1 amide bonds. The van der Waals surface area contributed by atoms with E-state index in [4.69, 9.17) is 5.11 Å². The Hall–Kier alpha value is -0.750. The molecule has 0 fully saturated rings. The molecule has 0 aliphatic rings. The molecule has 76 valence electrons. The van der Waals surface area contributed by atoms with Crippen LogP contribution in [0.5, 0.6) is 0 Å². The van der Waals surface area contributed by atoms with Crippen molar-refractivity contribution in [2.75, 3.05) is 18.6 Å². The summed E-state index contributed by atoms with van der Waals surface area (Å²) in [5.41, 5.74) is 0. The molecular formula is C7H13NO4S. The number of carboxylic acids is 1. The number of hydrogen-bond acceptors (Lipinski definition) is 3. The van der Waals surface area contributed by atoms with Crippen LogP contribution in [0, 0.1) is 5.92 Å². The molecule has 0 rings (SSSR count). The first-order chi connectivity index (χ1) is 5.93. The van der Waals surface area contributed by atoms with Gasteiger partial charge < -0.3 is 15.0 Å². The van der Waals surface area contributed by atoms with Crippen molar-refractivity contribution in [1.82, 2.24) is 5.32 Å². The monoisotopic (exact) mass is 207 g/mol. The Labute approximate surface area is 79.7 Å². The highest BCUT2D eigenvalue weighted by atomic mass is 32.2. The molecular weight excluding hydrogens is 194 g/mol. The van der Waals surface area contributed by atoms with Gasteiger partial charge >= 0.3 is 5.97 Å². The molecule has 13 heavy (non-hydrogen) atoms. The van der Waals surface area contributed by atoms with Crippen LogP contribution in [-0.2, 0) is 20.8 Å². The quantitative estimate of drug-likeness (QED) is 0.578. The summed E-state index contributed by atoms with van der Waals surface area (Å²) in [4.78, 5) is 21.1. The maximum Gasteiger partial charge on any atom is 0.322 e. The van der Waals surface area contributed by atoms with Gasteiger partial charge in [-0.1, -0.05) is 11.2 Å². The van der Waals surface area contributed by atoms with Crippen LogP contribution in [-0.4, -0.2) is 40.1 Å². The summed E-state index contributed by atoms with van der Waals surface area (Å²) < 4.78 is 10.7. The zero-order valence-corrected chi connectivity index (χ0v) is 8.39. The Balaban J connectivity index is 3.76. The van der Waals surface area contributed by atoms with E-state index >= 15 is 0 Å². The second-order valence-corrected chi connectivity index (χ2v) is 4.23. The van der Waals surface area contributed by atoms with Gasteiger partial charge in [-0.2, -0.15) is 0 Å². The topological polar surface area (TPSA) is 89.5 Å². The second-order valence-electron chi connectivity index (χ2n) is 2.75. The first-order valence-corrected chi connectivity index (χ1v) is 5.45. The Morgan fingerprint density at radius 1 is 1.62 bits per heavy atom. The van der Waals surface area contributed by atoms with Gasteiger partial charge in [0.15, 0.2) is 0 Å². The van der Waals surface area contributed by atoms with Crippen molar-refractivity contribution in [1.29, 1.82) is 0 Å². The molecule has 2 atom stereocenters. The number of aliphatic carboxylic acids is 1. The third kappa shape index (κ3) is 6.41. The van der Waals surface area contributed by atoms with E-state index in [2.05, 4.69) is 5.32 Å². The molecule has 0 bridgehead atoms. The Kier molecular flexibility index (Phi) is 5.48. The number of carbonyl (C=O) groups is 2. The van der Waals surface area contributed by atoms with Crippen molar-refractivity contribution in [3.05, 3.63) is 0 Å². The van der Waals surface area contributed by atoms with Gasteiger partial charge in [0.05, 0.1) is 12.2 Å². The number of carboxylic acid groups (broad SMARTS) is 1. The van der Waals surface area contributed by atoms with Gasteiger partial charge in [0, 0.05) is 0 Å². The van der Waals surface area contributed by atoms with Crippen LogP contribution in [0.25, 0.3) is 0 Å². The first kappa shape index (κ1) is 12.2. The number of hydrogen-bond donors (Lipinski definition) is 2. The van der Waals surface area contributed by atoms with Gasteiger partial charge in [-0.15, -0.1) is 0 Å². The molecule has 0 saturated carbocycles. The second kappa shape index (κ2) is 5.82. The summed E-state index contributed by atoms with van der Waals surface area (Å²) in [6, 6.07) is 0. The normalized spacial score (nSPS) is 14.7. The smallest absolute Gasteiger partial charge is 0.322 e. The molecule has 0 aliphatic heterocycles. The Morgan fingerprint density at radius 2 is 2.15 bits per heavy atom. The summed E-state index contributed by atoms with van der Waals surface area (Å²) in [6.07, 6.45) is 1.50. The molecule has 0 saturated heterocycles. The number of rotatable bonds is 5. The fourth-order valence-corrected chi connectivity index (χ4v) is 1.62. The molecule has 0 aromatic carbocycles. The van der Waals surface area contributed by atoms with E-state index in [1.807, 2.05) is 0 Å². The zero-order chi connectivity index (χ0) is 10.4. The summed E-state index contributed by atoms with van der Waals surface area (Å²) in [5.74, 6) is -1.62. The van der Waals surface area contributed by atoms with Gasteiger partial charge in [-0.25, -0.2) is 0 Å². The lowest BCUT2D eigenvalue weighted by Gasteiger charge is -2.11. The van der Waals surface area contributed by atoms with E-state index in [9.17, 15) is 14.1 Å². The van der Waals surface area contributed by atoms with E-state index < -0.39 is 23.1 Å². The van der Waals surface area contributed by atoms with Crippen molar-refractivity contribution < 1.29 is 19.2 Å². The SMILES string of the molecule is CC(C[S+](C)[O-])C(=O)NCC(=O)O. The lowest BCUT2D eigenvalue weighted by Crippen LogP contribution is -2.36. The highest BCUT2D eigenvalue weighted by Crippen LogP contribution is 1.99. The fourth-order valence-electron chi connectivity index (χ4n) is 0.765. The Morgan fingerprint density at radius 3 is 2.54 bits per heavy atom. The van der Waals surface area contributed by atoms with E-state index in [1.54, 1.807) is 6.92 Å².